The Hall–Kier alpha value is -1.05. The van der Waals surface area contributed by atoms with Gasteiger partial charge in [-0.25, -0.2) is 0 Å². The maximum Gasteiger partial charge on any atom is 0.259 e. The van der Waals surface area contributed by atoms with E-state index < -0.39 is 0 Å². The van der Waals surface area contributed by atoms with E-state index in [9.17, 15) is 14.4 Å². The Labute approximate surface area is 350 Å². The van der Waals surface area contributed by atoms with Gasteiger partial charge in [0.25, 0.3) is 16.7 Å². The first kappa shape index (κ1) is 42.7. The predicted octanol–water partition coefficient (Wildman–Crippen LogP) is 13.6. The normalized spacial score (nSPS) is 11.5. The molecule has 0 saturated carbocycles. The molecule has 0 aliphatic heterocycles. The first-order chi connectivity index (χ1) is 24.4. The lowest BCUT2D eigenvalue weighted by molar-refractivity contribution is 0.582. The molecule has 0 fully saturated rings. The van der Waals surface area contributed by atoms with Crippen molar-refractivity contribution < 1.29 is 0 Å². The number of hydrogen-bond acceptors (Lipinski definition) is 3. The highest BCUT2D eigenvalue weighted by molar-refractivity contribution is 9.11. The number of aryl methyl sites for hydroxylation is 3. The highest BCUT2D eigenvalue weighted by Gasteiger charge is 2.15. The lowest BCUT2D eigenvalue weighted by atomic mass is 10.2. The van der Waals surface area contributed by atoms with Crippen LogP contribution in [-0.4, -0.2) is 13.7 Å². The van der Waals surface area contributed by atoms with Crippen molar-refractivity contribution in [2.75, 3.05) is 0 Å². The number of hydrogen-bond donors (Lipinski definition) is 0. The summed E-state index contributed by atoms with van der Waals surface area (Å²) in [4.78, 5) is 43.6. The van der Waals surface area contributed by atoms with Crippen molar-refractivity contribution in [3.63, 3.8) is 0 Å². The molecule has 12 heteroatoms. The van der Waals surface area contributed by atoms with Crippen LogP contribution < -0.4 is 16.7 Å². The van der Waals surface area contributed by atoms with Gasteiger partial charge >= 0.3 is 0 Å². The van der Waals surface area contributed by atoms with E-state index in [4.69, 9.17) is 0 Å². The Bertz CT molecular complexity index is 1930. The molecule has 3 aromatic carbocycles. The SMILES string of the molecule is CCCCCCn1c(=O)c2cc(Br)c(cc2Br)n(CCCCCC)c(=O)c2cc(Br)c(cc2Br)n(CCCCCC)c(=O)c2cc(Br)c1cc2Br. The summed E-state index contributed by atoms with van der Waals surface area (Å²) >= 11 is 22.5. The summed E-state index contributed by atoms with van der Waals surface area (Å²) in [6.45, 7) is 8.00. The topological polar surface area (TPSA) is 66.0 Å². The van der Waals surface area contributed by atoms with E-state index in [1.54, 1.807) is 13.7 Å². The quantitative estimate of drug-likeness (QED) is 0.111. The molecular formula is C39H45Br6N3O3. The van der Waals surface area contributed by atoms with Crippen molar-refractivity contribution in [3.8, 4) is 0 Å². The fourth-order valence-corrected chi connectivity index (χ4v) is 9.42. The molecule has 0 saturated heterocycles. The van der Waals surface area contributed by atoms with Crippen LogP contribution in [0.5, 0.6) is 0 Å². The van der Waals surface area contributed by atoms with E-state index in [2.05, 4.69) is 116 Å². The van der Waals surface area contributed by atoms with Gasteiger partial charge in [-0.3, -0.25) is 14.4 Å². The molecule has 6 nitrogen and oxygen atoms in total. The molecule has 0 radical (unpaired) electrons. The number of fused-ring (bicyclic) bond motifs is 3. The number of halogens is 6. The number of benzene rings is 3. The van der Waals surface area contributed by atoms with Gasteiger partial charge in [-0.2, -0.15) is 0 Å². The third kappa shape index (κ3) is 10.6. The van der Waals surface area contributed by atoms with Crippen LogP contribution in [0, 0.1) is 0 Å². The summed E-state index contributed by atoms with van der Waals surface area (Å²) in [5, 5.41) is 1.40. The summed E-state index contributed by atoms with van der Waals surface area (Å²) in [5.41, 5.74) is 1.46. The first-order valence-electron chi connectivity index (χ1n) is 17.9. The maximum atomic E-state index is 14.5. The van der Waals surface area contributed by atoms with Crippen LogP contribution in [0.2, 0.25) is 0 Å². The van der Waals surface area contributed by atoms with Crippen molar-refractivity contribution in [2.24, 2.45) is 0 Å². The minimum Gasteiger partial charge on any atom is -0.307 e. The summed E-state index contributed by atoms with van der Waals surface area (Å²) < 4.78 is 9.08. The van der Waals surface area contributed by atoms with Gasteiger partial charge in [-0.1, -0.05) is 78.6 Å². The average Bonchev–Trinajstić information content (AvgIpc) is 3.10. The van der Waals surface area contributed by atoms with Crippen LogP contribution in [0.4, 0.5) is 0 Å². The Morgan fingerprint density at radius 3 is 0.863 bits per heavy atom. The van der Waals surface area contributed by atoms with E-state index in [0.717, 1.165) is 77.0 Å². The summed E-state index contributed by atoms with van der Waals surface area (Å²) in [5.74, 6) is 0. The van der Waals surface area contributed by atoms with E-state index in [1.165, 1.54) is 0 Å². The molecule has 0 amide bonds. The van der Waals surface area contributed by atoms with Gasteiger partial charge < -0.3 is 13.7 Å². The molecule has 0 aliphatic rings. The molecule has 6 bridgehead atoms. The summed E-state index contributed by atoms with van der Waals surface area (Å²) in [6, 6.07) is 11.0. The van der Waals surface area contributed by atoms with Crippen LogP contribution in [0.3, 0.4) is 0 Å². The summed E-state index contributed by atoms with van der Waals surface area (Å²) in [6.07, 6.45) is 11.9. The summed E-state index contributed by atoms with van der Waals surface area (Å²) in [7, 11) is 0. The van der Waals surface area contributed by atoms with Crippen LogP contribution in [0.15, 0.2) is 77.6 Å². The van der Waals surface area contributed by atoms with Crippen molar-refractivity contribution in [1.29, 1.82) is 0 Å². The molecular weight excluding hydrogens is 1040 g/mol. The van der Waals surface area contributed by atoms with Gasteiger partial charge in [-0.05, 0) is 151 Å². The van der Waals surface area contributed by atoms with Crippen molar-refractivity contribution >= 4 is 128 Å². The molecule has 0 N–H and O–H groups in total. The van der Waals surface area contributed by atoms with E-state index in [-0.39, 0.29) is 16.7 Å². The number of nitrogens with zero attached hydrogens (tertiary/aromatic N) is 3. The van der Waals surface area contributed by atoms with Gasteiger partial charge in [0, 0.05) is 46.5 Å². The second kappa shape index (κ2) is 20.6. The Morgan fingerprint density at radius 2 is 0.627 bits per heavy atom. The zero-order chi connectivity index (χ0) is 37.2. The fraction of sp³-hybridized carbons (Fsp3) is 0.462. The highest BCUT2D eigenvalue weighted by Crippen LogP contribution is 2.30. The monoisotopic (exact) mass is 1080 g/mol. The second-order valence-electron chi connectivity index (χ2n) is 12.9. The molecule has 4 heterocycles. The standard InChI is InChI=1S/C39H45Br6N3O3/c1-4-7-10-13-16-46-34-22-28(40)26(20-31(34)43)38(50)48(18-15-12-9-6-3)36-24-30(42)27(21-33(36)45)39(51)47(17-14-11-8-5-2)35-23-29(41)25(37(46)49)19-32(35)44/h19-24H,4-18H2,1-3H3. The van der Waals surface area contributed by atoms with Crippen LogP contribution in [0.25, 0.3) is 32.7 Å². The van der Waals surface area contributed by atoms with Gasteiger partial charge in [0.1, 0.15) is 0 Å². The van der Waals surface area contributed by atoms with E-state index in [0.29, 0.717) is 79.2 Å². The lowest BCUT2D eigenvalue weighted by Crippen LogP contribution is -2.22. The molecule has 7 rings (SSSR count). The predicted molar refractivity (Wildman–Crippen MR) is 237 cm³/mol. The molecule has 276 valence electrons. The molecule has 0 atom stereocenters. The van der Waals surface area contributed by atoms with E-state index >= 15 is 0 Å². The molecule has 4 aromatic heterocycles. The van der Waals surface area contributed by atoms with Crippen LogP contribution in [-0.2, 0) is 19.6 Å². The molecule has 0 unspecified atom stereocenters. The number of rotatable bonds is 15. The second-order valence-corrected chi connectivity index (χ2v) is 18.0. The Kier molecular flexibility index (Phi) is 17.2. The minimum atomic E-state index is -0.182. The largest absolute Gasteiger partial charge is 0.307 e. The number of aromatic nitrogens is 3. The van der Waals surface area contributed by atoms with E-state index in [1.807, 2.05) is 36.4 Å². The zero-order valence-electron chi connectivity index (χ0n) is 29.4. The number of unbranched alkanes of at least 4 members (excludes halogenated alkanes) is 9. The third-order valence-electron chi connectivity index (χ3n) is 9.11. The average molecular weight is 1080 g/mol. The molecule has 0 aliphatic carbocycles. The van der Waals surface area contributed by atoms with Gasteiger partial charge in [0.15, 0.2) is 0 Å². The smallest absolute Gasteiger partial charge is 0.259 e. The molecule has 7 aromatic rings. The van der Waals surface area contributed by atoms with Crippen molar-refractivity contribution in [2.45, 2.75) is 117 Å². The van der Waals surface area contributed by atoms with Crippen molar-refractivity contribution in [1.82, 2.24) is 13.7 Å². The van der Waals surface area contributed by atoms with Crippen LogP contribution in [0.1, 0.15) is 97.8 Å². The minimum absolute atomic E-state index is 0.182. The van der Waals surface area contributed by atoms with Crippen LogP contribution >= 0.6 is 95.6 Å². The molecule has 0 spiro atoms. The molecule has 51 heavy (non-hydrogen) atoms. The Balaban J connectivity index is 2.28. The third-order valence-corrected chi connectivity index (χ3v) is 13.0. The fourth-order valence-electron chi connectivity index (χ4n) is 6.24. The maximum absolute atomic E-state index is 14.5. The lowest BCUT2D eigenvalue weighted by Gasteiger charge is -2.14. The van der Waals surface area contributed by atoms with Gasteiger partial charge in [0.05, 0.1) is 32.7 Å². The van der Waals surface area contributed by atoms with Gasteiger partial charge in [0.2, 0.25) is 0 Å². The zero-order valence-corrected chi connectivity index (χ0v) is 38.9. The van der Waals surface area contributed by atoms with Gasteiger partial charge in [-0.15, -0.1) is 0 Å². The van der Waals surface area contributed by atoms with Crippen molar-refractivity contribution in [3.05, 3.63) is 94.3 Å². The first-order valence-corrected chi connectivity index (χ1v) is 22.6. The highest BCUT2D eigenvalue weighted by atomic mass is 79.9. The Morgan fingerprint density at radius 1 is 0.373 bits per heavy atom.